The van der Waals surface area contributed by atoms with Crippen molar-refractivity contribution in [1.29, 1.82) is 0 Å². The number of carbonyl (C=O) groups is 5. The molecule has 2 aliphatic rings. The van der Waals surface area contributed by atoms with E-state index in [1.165, 1.54) is 37.7 Å². The standard InChI is InChI=1S/C17H23NO3S.C15H17NO3S.C15H19NO2S.C15H15NO2.C11H10N2O2S.CH4/c1-13(12-19)7-4-2-3-5-8-15(20)14-11-16(21-18-14)17-9-6-10-22-17;1-11(10-17)5-2-3-6-13(18)12-9-14(19-16-12)15-7-4-8-20-15;1-2-3-4-5-6-8-13(17)12-11-14(18-16-12)15-9-7-10-19-15;1-10-2-6-12(7-3-10)15-9-13(16-18-15)14(17)8-11-4-5-11;14-11(12-7-3-4-7)8-6-9(15-13-8)10-2-1-5-16-10;/h6,9-11,13,19H,2-5,7-8,12H2,1H3;2,4-5,7-9,11,17H,3,6,10H2,1H3;7,9-11H,2-6,8H2,1H3;2-3,6-7,9,11H,4-5,8H2,1H3;1-2,5-7H,3-4H2,(H,12,14);1H4/b;5-2+;;;;. The van der Waals surface area contributed by atoms with E-state index < -0.39 is 0 Å². The van der Waals surface area contributed by atoms with Crippen LogP contribution in [0.4, 0.5) is 0 Å². The first-order valence-electron chi connectivity index (χ1n) is 32.6. The van der Waals surface area contributed by atoms with Crippen LogP contribution in [0.3, 0.4) is 0 Å². The summed E-state index contributed by atoms with van der Waals surface area (Å²) in [6.45, 7) is 8.58. The van der Waals surface area contributed by atoms with Crippen molar-refractivity contribution in [1.82, 2.24) is 31.1 Å². The quantitative estimate of drug-likeness (QED) is 0.0201. The lowest BCUT2D eigenvalue weighted by Gasteiger charge is -2.06. The summed E-state index contributed by atoms with van der Waals surface area (Å²) in [6, 6.07) is 32.5. The van der Waals surface area contributed by atoms with E-state index in [-0.39, 0.29) is 55.6 Å². The highest BCUT2D eigenvalue weighted by molar-refractivity contribution is 7.14. The van der Waals surface area contributed by atoms with Crippen molar-refractivity contribution in [2.24, 2.45) is 17.8 Å². The molecular weight excluding hydrogens is 1290 g/mol. The molecule has 10 aromatic rings. The number of aliphatic hydroxyl groups is 2. The second-order valence-electron chi connectivity index (χ2n) is 23.8. The second-order valence-corrected chi connectivity index (χ2v) is 27.6. The Morgan fingerprint density at radius 3 is 1.36 bits per heavy atom. The number of Topliss-reactive ketones (excluding diaryl/α,β-unsaturated/α-hetero) is 4. The molecule has 0 radical (unpaired) electrons. The lowest BCUT2D eigenvalue weighted by molar-refractivity contribution is 0.0937. The molecule has 96 heavy (non-hydrogen) atoms. The van der Waals surface area contributed by atoms with E-state index in [1.807, 2.05) is 120 Å². The van der Waals surface area contributed by atoms with Gasteiger partial charge >= 0.3 is 0 Å². The number of allylic oxidation sites excluding steroid dienone is 1. The molecule has 2 atom stereocenters. The van der Waals surface area contributed by atoms with Crippen LogP contribution in [0.25, 0.3) is 53.9 Å². The number of hydrogen-bond donors (Lipinski definition) is 3. The number of nitrogens with zero attached hydrogens (tertiary/aromatic N) is 5. The average molecular weight is 1380 g/mol. The number of hydrogen-bond acceptors (Lipinski definition) is 21. The van der Waals surface area contributed by atoms with E-state index in [0.717, 1.165) is 82.9 Å². The fraction of sp³-hybridized carbons (Fsp3) is 0.405. The highest BCUT2D eigenvalue weighted by atomic mass is 32.1. The molecule has 1 amide bonds. The van der Waals surface area contributed by atoms with Crippen molar-refractivity contribution in [2.75, 3.05) is 13.2 Å². The number of benzene rings is 1. The maximum absolute atomic E-state index is 12.1. The van der Waals surface area contributed by atoms with Gasteiger partial charge in [-0.2, -0.15) is 0 Å². The van der Waals surface area contributed by atoms with Gasteiger partial charge in [0.05, 0.1) is 19.5 Å². The Morgan fingerprint density at radius 2 is 0.938 bits per heavy atom. The molecule has 2 unspecified atom stereocenters. The smallest absolute Gasteiger partial charge is 0.273 e. The Kier molecular flexibility index (Phi) is 31.7. The summed E-state index contributed by atoms with van der Waals surface area (Å²) in [5.74, 6) is 4.44. The summed E-state index contributed by atoms with van der Waals surface area (Å²) >= 11 is 6.26. The Hall–Kier alpha value is -8.12. The number of ketones is 4. The van der Waals surface area contributed by atoms with Crippen LogP contribution >= 0.6 is 45.3 Å². The summed E-state index contributed by atoms with van der Waals surface area (Å²) in [5.41, 5.74) is 4.22. The maximum Gasteiger partial charge on any atom is 0.273 e. The van der Waals surface area contributed by atoms with Gasteiger partial charge in [0.25, 0.3) is 5.91 Å². The predicted octanol–water partition coefficient (Wildman–Crippen LogP) is 19.6. The molecule has 1 aromatic carbocycles. The third kappa shape index (κ3) is 25.5. The van der Waals surface area contributed by atoms with Crippen LogP contribution in [0.15, 0.2) is 159 Å². The summed E-state index contributed by atoms with van der Waals surface area (Å²) in [6.07, 6.45) is 22.0. The van der Waals surface area contributed by atoms with Gasteiger partial charge in [-0.15, -0.1) is 45.3 Å². The molecule has 12 rings (SSSR count). The number of aryl methyl sites for hydroxylation is 1. The highest BCUT2D eigenvalue weighted by Crippen LogP contribution is 2.34. The normalized spacial score (nSPS) is 12.9. The zero-order chi connectivity index (χ0) is 67.2. The molecule has 2 fully saturated rings. The zero-order valence-electron chi connectivity index (χ0n) is 54.3. The number of aromatic nitrogens is 5. The van der Waals surface area contributed by atoms with Crippen LogP contribution in [0, 0.1) is 24.7 Å². The summed E-state index contributed by atoms with van der Waals surface area (Å²) in [4.78, 5) is 63.4. The van der Waals surface area contributed by atoms with Gasteiger partial charge in [-0.05, 0) is 122 Å². The second kappa shape index (κ2) is 40.4. The zero-order valence-corrected chi connectivity index (χ0v) is 57.5. The lowest BCUT2D eigenvalue weighted by atomic mass is 10.0. The molecule has 0 aliphatic heterocycles. The number of thiophene rings is 4. The third-order valence-corrected chi connectivity index (χ3v) is 18.9. The molecule has 2 aliphatic carbocycles. The Morgan fingerprint density at radius 1 is 0.521 bits per heavy atom. The first-order valence-corrected chi connectivity index (χ1v) is 36.2. The minimum Gasteiger partial charge on any atom is -0.396 e. The summed E-state index contributed by atoms with van der Waals surface area (Å²) < 4.78 is 26.0. The van der Waals surface area contributed by atoms with E-state index in [2.05, 4.69) is 44.9 Å². The molecule has 9 aromatic heterocycles. The highest BCUT2D eigenvalue weighted by Gasteiger charge is 2.27. The van der Waals surface area contributed by atoms with Gasteiger partial charge in [0, 0.05) is 80.8 Å². The number of nitrogens with one attached hydrogen (secondary N) is 1. The molecule has 22 heteroatoms. The predicted molar refractivity (Wildman–Crippen MR) is 380 cm³/mol. The van der Waals surface area contributed by atoms with Crippen LogP contribution in [-0.2, 0) is 0 Å². The molecular formula is C74H88N6O12S4. The van der Waals surface area contributed by atoms with Gasteiger partial charge < -0.3 is 38.1 Å². The molecule has 9 heterocycles. The van der Waals surface area contributed by atoms with Gasteiger partial charge in [-0.3, -0.25) is 24.0 Å². The molecule has 0 bridgehead atoms. The lowest BCUT2D eigenvalue weighted by Crippen LogP contribution is -2.25. The first kappa shape index (κ1) is 75.3. The molecule has 18 nitrogen and oxygen atoms in total. The number of carbonyl (C=O) groups excluding carboxylic acids is 5. The first-order chi connectivity index (χ1) is 46.3. The Bertz CT molecular complexity index is 3870. The van der Waals surface area contributed by atoms with Crippen molar-refractivity contribution in [3.63, 3.8) is 0 Å². The van der Waals surface area contributed by atoms with Crippen molar-refractivity contribution < 1.29 is 56.8 Å². The van der Waals surface area contributed by atoms with Gasteiger partial charge in [0.2, 0.25) is 0 Å². The van der Waals surface area contributed by atoms with Gasteiger partial charge in [-0.1, -0.05) is 165 Å². The molecule has 2 saturated carbocycles. The summed E-state index contributed by atoms with van der Waals surface area (Å²) in [5, 5.41) is 47.8. The third-order valence-electron chi connectivity index (χ3n) is 15.4. The van der Waals surface area contributed by atoms with Crippen molar-refractivity contribution in [2.45, 2.75) is 163 Å². The number of amides is 1. The SMILES string of the molecule is C.CC(/C=C/CCC(=O)c1cc(-c2cccs2)on1)CO.CC(CO)CCCCCCC(=O)c1cc(-c2cccs2)on1.CCCCCCCC(=O)c1cc(-c2cccs2)on1.Cc1ccc(-c2cc(C(=O)CC3CC3)no2)cc1.O=C(NC1CC1)c1cc(-c2cccs2)on1. The Labute approximate surface area is 577 Å². The molecule has 0 saturated heterocycles. The largest absolute Gasteiger partial charge is 0.396 e. The minimum atomic E-state index is -0.144. The van der Waals surface area contributed by atoms with E-state index in [9.17, 15) is 24.0 Å². The van der Waals surface area contributed by atoms with E-state index in [4.69, 9.17) is 32.8 Å². The van der Waals surface area contributed by atoms with Crippen molar-refractivity contribution in [3.05, 3.63) is 171 Å². The monoisotopic (exact) mass is 1380 g/mol. The average Bonchev–Trinajstić information content (AvgIpc) is 1.91. The van der Waals surface area contributed by atoms with Crippen LogP contribution in [0.1, 0.15) is 208 Å². The van der Waals surface area contributed by atoms with Crippen LogP contribution < -0.4 is 5.32 Å². The van der Waals surface area contributed by atoms with Crippen LogP contribution in [-0.4, -0.2) is 84.3 Å². The maximum atomic E-state index is 12.1. The van der Waals surface area contributed by atoms with Crippen LogP contribution in [0.2, 0.25) is 0 Å². The summed E-state index contributed by atoms with van der Waals surface area (Å²) in [7, 11) is 0. The van der Waals surface area contributed by atoms with Gasteiger partial charge in [0.15, 0.2) is 57.6 Å². The number of aliphatic hydroxyl groups excluding tert-OH is 2. The van der Waals surface area contributed by atoms with E-state index in [1.54, 1.807) is 75.7 Å². The molecule has 3 N–H and O–H groups in total. The topological polar surface area (TPSA) is 268 Å². The van der Waals surface area contributed by atoms with E-state index >= 15 is 0 Å². The van der Waals surface area contributed by atoms with Crippen molar-refractivity contribution >= 4 is 74.4 Å². The minimum absolute atomic E-state index is 0. The fourth-order valence-corrected chi connectivity index (χ4v) is 12.0. The molecule has 0 spiro atoms. The van der Waals surface area contributed by atoms with Crippen molar-refractivity contribution in [3.8, 4) is 53.9 Å². The van der Waals surface area contributed by atoms with Gasteiger partial charge in [-0.25, -0.2) is 0 Å². The van der Waals surface area contributed by atoms with Gasteiger partial charge in [0.1, 0.15) is 22.8 Å². The Balaban J connectivity index is 0.000000169. The number of rotatable bonds is 32. The van der Waals surface area contributed by atoms with Crippen LogP contribution in [0.5, 0.6) is 0 Å². The molecule has 510 valence electrons. The van der Waals surface area contributed by atoms with E-state index in [0.29, 0.717) is 107 Å². The fourth-order valence-electron chi connectivity index (χ4n) is 9.28. The number of unbranched alkanes of at least 4 members (excludes halogenated alkanes) is 7.